The molecule has 0 saturated carbocycles. The van der Waals surface area contributed by atoms with Crippen molar-refractivity contribution in [3.63, 3.8) is 0 Å². The Morgan fingerprint density at radius 3 is 2.11 bits per heavy atom. The lowest BCUT2D eigenvalue weighted by atomic mass is 10.00. The molecule has 3 aromatic carbocycles. The van der Waals surface area contributed by atoms with Gasteiger partial charge in [-0.2, -0.15) is 13.2 Å². The number of nitrogen functional groups attached to an aromatic ring is 1. The van der Waals surface area contributed by atoms with Crippen molar-refractivity contribution in [1.82, 2.24) is 9.97 Å². The average Bonchev–Trinajstić information content (AvgIpc) is 3.03. The molecule has 0 bridgehead atoms. The van der Waals surface area contributed by atoms with Gasteiger partial charge in [-0.1, -0.05) is 30.3 Å². The van der Waals surface area contributed by atoms with Crippen LogP contribution in [0.25, 0.3) is 33.4 Å². The third-order valence-electron chi connectivity index (χ3n) is 7.04. The predicted molar refractivity (Wildman–Crippen MR) is 163 cm³/mol. The van der Waals surface area contributed by atoms with Crippen LogP contribution in [0.5, 0.6) is 11.5 Å². The number of anilines is 2. The molecule has 12 heteroatoms. The molecule has 2 aromatic heterocycles. The van der Waals surface area contributed by atoms with Crippen molar-refractivity contribution in [2.24, 2.45) is 0 Å². The molecule has 0 aliphatic rings. The van der Waals surface area contributed by atoms with E-state index in [0.717, 1.165) is 23.9 Å². The molecule has 3 N–H and O–H groups in total. The molecule has 1 amide bonds. The normalized spacial score (nSPS) is 11.2. The van der Waals surface area contributed by atoms with E-state index < -0.39 is 35.4 Å². The number of hydrogen-bond acceptors (Lipinski definition) is 6. The molecule has 0 radical (unpaired) electrons. The molecule has 0 spiro atoms. The summed E-state index contributed by atoms with van der Waals surface area (Å²) in [6.07, 6.45) is -0.862. The summed E-state index contributed by atoms with van der Waals surface area (Å²) in [6.45, 7) is -1.65. The smallest absolute Gasteiger partial charge is 0.406 e. The number of aromatic nitrogens is 2. The van der Waals surface area contributed by atoms with Crippen LogP contribution in [0, 0.1) is 5.82 Å². The number of nitrogens with one attached hydrogen (secondary N) is 1. The number of rotatable bonds is 8. The number of alkyl halides is 3. The molecule has 0 aliphatic heterocycles. The fourth-order valence-corrected chi connectivity index (χ4v) is 4.79. The van der Waals surface area contributed by atoms with Gasteiger partial charge in [0.05, 0.1) is 14.2 Å². The first-order valence-corrected chi connectivity index (χ1v) is 13.4. The molecule has 0 unspecified atom stereocenters. The van der Waals surface area contributed by atoms with Crippen LogP contribution in [0.1, 0.15) is 10.4 Å². The number of carbonyl (C=O) groups excluding carboxylic acids is 1. The highest BCUT2D eigenvalue weighted by atomic mass is 19.4. The van der Waals surface area contributed by atoms with Crippen molar-refractivity contribution in [2.45, 2.75) is 6.18 Å². The number of H-pyrrole nitrogens is 1. The van der Waals surface area contributed by atoms with Crippen LogP contribution < -0.4 is 25.5 Å². The van der Waals surface area contributed by atoms with Crippen LogP contribution in [0.15, 0.2) is 96.2 Å². The van der Waals surface area contributed by atoms with Gasteiger partial charge in [0.1, 0.15) is 23.7 Å². The van der Waals surface area contributed by atoms with Gasteiger partial charge in [0.25, 0.3) is 5.91 Å². The zero-order valence-corrected chi connectivity index (χ0v) is 24.0. The van der Waals surface area contributed by atoms with Gasteiger partial charge in [0.2, 0.25) is 5.43 Å². The summed E-state index contributed by atoms with van der Waals surface area (Å²) in [6, 6.07) is 17.7. The molecule has 8 nitrogen and oxygen atoms in total. The van der Waals surface area contributed by atoms with Crippen molar-refractivity contribution in [3.8, 4) is 44.9 Å². The minimum absolute atomic E-state index is 0.000457. The van der Waals surface area contributed by atoms with E-state index in [-0.39, 0.29) is 17.1 Å². The molecule has 0 aliphatic carbocycles. The average molecular weight is 619 g/mol. The van der Waals surface area contributed by atoms with Crippen LogP contribution in [-0.4, -0.2) is 42.8 Å². The van der Waals surface area contributed by atoms with Gasteiger partial charge in [0, 0.05) is 41.0 Å². The van der Waals surface area contributed by atoms with Gasteiger partial charge in [-0.3, -0.25) is 14.5 Å². The lowest BCUT2D eigenvalue weighted by Crippen LogP contribution is -2.41. The van der Waals surface area contributed by atoms with Gasteiger partial charge in [-0.25, -0.2) is 9.37 Å². The number of nitrogens with zero attached hydrogens (tertiary/aromatic N) is 2. The standard InChI is InChI=1S/C33H26F4N4O4/c1-44-28-12-7-21(14-29(28)45-2)22-13-25(31(38)40-15-22)19-5-10-24(11-6-19)41(18-33(35,36)37)32(43)27-17-39-16-26(30(27)42)20-3-8-23(34)9-4-20/h3-17H,18H2,1-2H3,(H2,38,40)(H,39,42). The van der Waals surface area contributed by atoms with Gasteiger partial charge in [0.15, 0.2) is 11.5 Å². The minimum Gasteiger partial charge on any atom is -0.493 e. The van der Waals surface area contributed by atoms with Crippen molar-refractivity contribution in [1.29, 1.82) is 0 Å². The molecule has 5 aromatic rings. The zero-order chi connectivity index (χ0) is 32.3. The molecular formula is C33H26F4N4O4. The Bertz CT molecular complexity index is 1910. The summed E-state index contributed by atoms with van der Waals surface area (Å²) in [5, 5.41) is 0. The second-order valence-corrected chi connectivity index (χ2v) is 9.90. The van der Waals surface area contributed by atoms with Crippen LogP contribution in [0.3, 0.4) is 0 Å². The van der Waals surface area contributed by atoms with Gasteiger partial charge in [-0.05, 0) is 59.2 Å². The quantitative estimate of drug-likeness (QED) is 0.187. The number of halogens is 4. The van der Waals surface area contributed by atoms with Crippen molar-refractivity contribution in [3.05, 3.63) is 113 Å². The van der Waals surface area contributed by atoms with Crippen molar-refractivity contribution >= 4 is 17.4 Å². The van der Waals surface area contributed by atoms with E-state index in [4.69, 9.17) is 15.2 Å². The molecule has 5 rings (SSSR count). The van der Waals surface area contributed by atoms with Crippen LogP contribution in [0.2, 0.25) is 0 Å². The van der Waals surface area contributed by atoms with E-state index >= 15 is 0 Å². The maximum absolute atomic E-state index is 13.7. The van der Waals surface area contributed by atoms with Gasteiger partial charge >= 0.3 is 6.18 Å². The maximum Gasteiger partial charge on any atom is 0.406 e. The Hall–Kier alpha value is -5.65. The van der Waals surface area contributed by atoms with E-state index in [1.165, 1.54) is 56.8 Å². The Kier molecular flexibility index (Phi) is 8.57. The second kappa shape index (κ2) is 12.5. The first kappa shape index (κ1) is 30.8. The molecular weight excluding hydrogens is 592 g/mol. The first-order valence-electron chi connectivity index (χ1n) is 13.4. The summed E-state index contributed by atoms with van der Waals surface area (Å²) in [4.78, 5) is 34.1. The number of aromatic amines is 1. The molecule has 2 heterocycles. The molecule has 0 fully saturated rings. The van der Waals surface area contributed by atoms with Gasteiger partial charge in [-0.15, -0.1) is 0 Å². The highest BCUT2D eigenvalue weighted by Crippen LogP contribution is 2.35. The minimum atomic E-state index is -4.78. The number of benzene rings is 3. The van der Waals surface area contributed by atoms with E-state index in [9.17, 15) is 27.2 Å². The lowest BCUT2D eigenvalue weighted by Gasteiger charge is -2.24. The largest absolute Gasteiger partial charge is 0.493 e. The summed E-state index contributed by atoms with van der Waals surface area (Å²) < 4.78 is 65.2. The zero-order valence-electron chi connectivity index (χ0n) is 24.0. The number of pyridine rings is 2. The number of methoxy groups -OCH3 is 2. The Labute approximate surface area is 254 Å². The van der Waals surface area contributed by atoms with E-state index in [0.29, 0.717) is 38.7 Å². The monoisotopic (exact) mass is 618 g/mol. The summed E-state index contributed by atoms with van der Waals surface area (Å²) >= 11 is 0. The van der Waals surface area contributed by atoms with E-state index in [1.807, 2.05) is 6.07 Å². The topological polar surface area (TPSA) is 111 Å². The molecule has 0 atom stereocenters. The SMILES string of the molecule is COc1ccc(-c2cnc(N)c(-c3ccc(N(CC(F)(F)F)C(=O)c4c[nH]cc(-c5ccc(F)cc5)c4=O)cc3)c2)cc1OC. The van der Waals surface area contributed by atoms with E-state index in [1.54, 1.807) is 24.4 Å². The number of ether oxygens (including phenoxy) is 2. The van der Waals surface area contributed by atoms with Crippen molar-refractivity contribution < 1.29 is 31.8 Å². The lowest BCUT2D eigenvalue weighted by molar-refractivity contribution is -0.118. The number of hydrogen-bond donors (Lipinski definition) is 2. The van der Waals surface area contributed by atoms with Gasteiger partial charge < -0.3 is 20.2 Å². The van der Waals surface area contributed by atoms with Crippen LogP contribution in [-0.2, 0) is 0 Å². The second-order valence-electron chi connectivity index (χ2n) is 9.90. The summed E-state index contributed by atoms with van der Waals surface area (Å²) in [5.74, 6) is -0.467. The fraction of sp³-hybridized carbons (Fsp3) is 0.121. The molecule has 0 saturated heterocycles. The number of nitrogens with two attached hydrogens (primary N) is 1. The Morgan fingerprint density at radius 1 is 0.844 bits per heavy atom. The third kappa shape index (κ3) is 6.64. The number of amides is 1. The highest BCUT2D eigenvalue weighted by Gasteiger charge is 2.35. The Balaban J connectivity index is 1.50. The maximum atomic E-state index is 13.7. The van der Waals surface area contributed by atoms with Crippen molar-refractivity contribution in [2.75, 3.05) is 31.4 Å². The van der Waals surface area contributed by atoms with E-state index in [2.05, 4.69) is 9.97 Å². The molecule has 45 heavy (non-hydrogen) atoms. The Morgan fingerprint density at radius 2 is 1.47 bits per heavy atom. The molecule has 230 valence electrons. The van der Waals surface area contributed by atoms with Crippen LogP contribution in [0.4, 0.5) is 29.1 Å². The summed E-state index contributed by atoms with van der Waals surface area (Å²) in [7, 11) is 3.04. The first-order chi connectivity index (χ1) is 21.5. The predicted octanol–water partition coefficient (Wildman–Crippen LogP) is 6.72. The summed E-state index contributed by atoms with van der Waals surface area (Å²) in [5.41, 5.74) is 7.52. The highest BCUT2D eigenvalue weighted by molar-refractivity contribution is 6.06. The fourth-order valence-electron chi connectivity index (χ4n) is 4.79. The third-order valence-corrected chi connectivity index (χ3v) is 7.04. The van der Waals surface area contributed by atoms with Crippen LogP contribution >= 0.6 is 0 Å². The number of carbonyl (C=O) groups is 1.